The molecule has 0 bridgehead atoms. The van der Waals surface area contributed by atoms with Crippen LogP contribution in [0.1, 0.15) is 19.3 Å². The van der Waals surface area contributed by atoms with E-state index in [2.05, 4.69) is 19.9 Å². The number of hydrogen-bond donors (Lipinski definition) is 2. The van der Waals surface area contributed by atoms with Crippen molar-refractivity contribution in [1.82, 2.24) is 15.0 Å². The highest BCUT2D eigenvalue weighted by molar-refractivity contribution is 7.88. The third-order valence-electron chi connectivity index (χ3n) is 4.41. The van der Waals surface area contributed by atoms with E-state index in [1.54, 1.807) is 12.1 Å². The Bertz CT molecular complexity index is 915. The van der Waals surface area contributed by atoms with Crippen molar-refractivity contribution in [2.45, 2.75) is 19.3 Å². The lowest BCUT2D eigenvalue weighted by molar-refractivity contribution is -0.122. The van der Waals surface area contributed by atoms with Crippen LogP contribution in [0.5, 0.6) is 0 Å². The highest BCUT2D eigenvalue weighted by Crippen LogP contribution is 2.28. The number of halogens is 1. The Labute approximate surface area is 163 Å². The number of oxazole rings is 1. The number of benzene rings is 1. The summed E-state index contributed by atoms with van der Waals surface area (Å²) in [5, 5.41) is 3.35. The van der Waals surface area contributed by atoms with Gasteiger partial charge in [0.25, 0.3) is 6.01 Å². The van der Waals surface area contributed by atoms with Gasteiger partial charge in [0.1, 0.15) is 5.52 Å². The van der Waals surface area contributed by atoms with Crippen LogP contribution in [0.2, 0.25) is 5.02 Å². The topological polar surface area (TPSA) is 105 Å². The van der Waals surface area contributed by atoms with E-state index in [9.17, 15) is 13.2 Å². The molecule has 1 fully saturated rings. The van der Waals surface area contributed by atoms with E-state index in [0.29, 0.717) is 29.6 Å². The van der Waals surface area contributed by atoms with Crippen LogP contribution in [-0.2, 0) is 14.8 Å². The Kier molecular flexibility index (Phi) is 6.23. The summed E-state index contributed by atoms with van der Waals surface area (Å²) in [7, 11) is -3.23. The number of carbonyl (C=O) groups is 1. The van der Waals surface area contributed by atoms with E-state index in [4.69, 9.17) is 16.0 Å². The smallest absolute Gasteiger partial charge is 0.298 e. The van der Waals surface area contributed by atoms with Gasteiger partial charge in [0.05, 0.1) is 6.26 Å². The molecule has 0 radical (unpaired) electrons. The molecule has 2 N–H and O–H groups in total. The number of carbonyl (C=O) groups excluding carboxylic acids is 1. The van der Waals surface area contributed by atoms with Crippen LogP contribution in [0, 0.1) is 5.92 Å². The summed E-state index contributed by atoms with van der Waals surface area (Å²) in [6.45, 7) is 1.98. The second kappa shape index (κ2) is 8.45. The zero-order chi connectivity index (χ0) is 19.4. The molecule has 1 amide bonds. The van der Waals surface area contributed by atoms with Crippen molar-refractivity contribution < 1.29 is 17.6 Å². The molecule has 1 aliphatic heterocycles. The molecule has 1 atom stereocenters. The molecule has 1 unspecified atom stereocenters. The van der Waals surface area contributed by atoms with E-state index in [0.717, 1.165) is 31.2 Å². The van der Waals surface area contributed by atoms with E-state index < -0.39 is 10.0 Å². The zero-order valence-corrected chi connectivity index (χ0v) is 16.6. The number of nitrogens with one attached hydrogen (secondary N) is 2. The molecule has 27 heavy (non-hydrogen) atoms. The summed E-state index contributed by atoms with van der Waals surface area (Å²) in [5.74, 6) is 0.113. The number of nitrogens with zero attached hydrogens (tertiary/aromatic N) is 2. The molecule has 2 aromatic rings. The average molecular weight is 415 g/mol. The molecule has 8 nitrogen and oxygen atoms in total. The number of anilines is 1. The number of piperidine rings is 1. The third-order valence-corrected chi connectivity index (χ3v) is 5.38. The van der Waals surface area contributed by atoms with Crippen molar-refractivity contribution in [2.24, 2.45) is 5.92 Å². The maximum absolute atomic E-state index is 12.1. The molecular formula is C17H23ClN4O4S. The molecule has 148 valence electrons. The summed E-state index contributed by atoms with van der Waals surface area (Å²) < 4.78 is 30.2. The maximum Gasteiger partial charge on any atom is 0.298 e. The van der Waals surface area contributed by atoms with Crippen molar-refractivity contribution in [3.8, 4) is 0 Å². The van der Waals surface area contributed by atoms with Gasteiger partial charge in [0, 0.05) is 43.7 Å². The van der Waals surface area contributed by atoms with Crippen LogP contribution in [0.4, 0.5) is 6.01 Å². The van der Waals surface area contributed by atoms with Crippen LogP contribution in [0.15, 0.2) is 22.6 Å². The first kappa shape index (κ1) is 19.9. The van der Waals surface area contributed by atoms with Crippen molar-refractivity contribution >= 4 is 44.6 Å². The molecule has 2 heterocycles. The molecule has 10 heteroatoms. The largest absolute Gasteiger partial charge is 0.423 e. The van der Waals surface area contributed by atoms with Crippen molar-refractivity contribution in [1.29, 1.82) is 0 Å². The fourth-order valence-electron chi connectivity index (χ4n) is 3.20. The molecule has 0 spiro atoms. The quantitative estimate of drug-likeness (QED) is 0.669. The first-order chi connectivity index (χ1) is 12.8. The molecule has 1 aliphatic rings. The minimum Gasteiger partial charge on any atom is -0.423 e. The number of aromatic nitrogens is 1. The number of sulfonamides is 1. The lowest BCUT2D eigenvalue weighted by Gasteiger charge is -2.31. The van der Waals surface area contributed by atoms with Crippen LogP contribution >= 0.6 is 11.6 Å². The summed E-state index contributed by atoms with van der Waals surface area (Å²) in [6.07, 6.45) is 3.39. The fraction of sp³-hybridized carbons (Fsp3) is 0.529. The summed E-state index contributed by atoms with van der Waals surface area (Å²) >= 11 is 5.99. The summed E-state index contributed by atoms with van der Waals surface area (Å²) in [5.41, 5.74) is 1.41. The van der Waals surface area contributed by atoms with Gasteiger partial charge in [-0.3, -0.25) is 4.79 Å². The van der Waals surface area contributed by atoms with Crippen molar-refractivity contribution in [2.75, 3.05) is 37.3 Å². The Balaban J connectivity index is 1.52. The molecule has 3 rings (SSSR count). The Hall–Kier alpha value is -1.84. The molecule has 1 aromatic carbocycles. The average Bonchev–Trinajstić information content (AvgIpc) is 3.01. The number of rotatable bonds is 7. The van der Waals surface area contributed by atoms with Gasteiger partial charge in [-0.25, -0.2) is 13.1 Å². The highest BCUT2D eigenvalue weighted by Gasteiger charge is 2.25. The zero-order valence-electron chi connectivity index (χ0n) is 15.1. The second-order valence-electron chi connectivity index (χ2n) is 6.78. The highest BCUT2D eigenvalue weighted by atomic mass is 35.5. The molecule has 1 aromatic heterocycles. The van der Waals surface area contributed by atoms with Crippen LogP contribution in [0.25, 0.3) is 11.1 Å². The van der Waals surface area contributed by atoms with Gasteiger partial charge in [-0.2, -0.15) is 4.98 Å². The normalized spacial score (nSPS) is 18.0. The predicted molar refractivity (Wildman–Crippen MR) is 104 cm³/mol. The first-order valence-electron chi connectivity index (χ1n) is 8.82. The van der Waals surface area contributed by atoms with Crippen LogP contribution < -0.4 is 14.9 Å². The van der Waals surface area contributed by atoms with Crippen LogP contribution in [-0.4, -0.2) is 51.7 Å². The lowest BCUT2D eigenvalue weighted by atomic mass is 9.95. The number of fused-ring (bicyclic) bond motifs is 1. The second-order valence-corrected chi connectivity index (χ2v) is 9.05. The van der Waals surface area contributed by atoms with Gasteiger partial charge in [-0.05, 0) is 30.9 Å². The molecule has 0 aliphatic carbocycles. The van der Waals surface area contributed by atoms with Gasteiger partial charge in [-0.1, -0.05) is 11.6 Å². The SMILES string of the molecule is CS(=O)(=O)NCCNC(=O)CC1CCCN(c2nc3ccc(Cl)cc3o2)C1. The molecule has 1 saturated heterocycles. The maximum atomic E-state index is 12.1. The van der Waals surface area contributed by atoms with E-state index in [-0.39, 0.29) is 24.9 Å². The van der Waals surface area contributed by atoms with Gasteiger partial charge < -0.3 is 14.6 Å². The summed E-state index contributed by atoms with van der Waals surface area (Å²) in [6, 6.07) is 5.89. The van der Waals surface area contributed by atoms with Gasteiger partial charge in [-0.15, -0.1) is 0 Å². The van der Waals surface area contributed by atoms with Crippen LogP contribution in [0.3, 0.4) is 0 Å². The predicted octanol–water partition coefficient (Wildman–Crippen LogP) is 1.75. The van der Waals surface area contributed by atoms with E-state index in [1.165, 1.54) is 0 Å². The van der Waals surface area contributed by atoms with E-state index in [1.807, 2.05) is 6.07 Å². The van der Waals surface area contributed by atoms with E-state index >= 15 is 0 Å². The van der Waals surface area contributed by atoms with Crippen molar-refractivity contribution in [3.63, 3.8) is 0 Å². The fourth-order valence-corrected chi connectivity index (χ4v) is 3.83. The minimum atomic E-state index is -3.23. The van der Waals surface area contributed by atoms with Gasteiger partial charge >= 0.3 is 0 Å². The van der Waals surface area contributed by atoms with Gasteiger partial charge in [0.2, 0.25) is 15.9 Å². The lowest BCUT2D eigenvalue weighted by Crippen LogP contribution is -2.39. The monoisotopic (exact) mass is 414 g/mol. The summed E-state index contributed by atoms with van der Waals surface area (Å²) in [4.78, 5) is 18.7. The van der Waals surface area contributed by atoms with Gasteiger partial charge in [0.15, 0.2) is 5.58 Å². The number of hydrogen-bond acceptors (Lipinski definition) is 6. The molecular weight excluding hydrogens is 392 g/mol. The number of amides is 1. The minimum absolute atomic E-state index is 0.0819. The third kappa shape index (κ3) is 5.82. The Morgan fingerprint density at radius 3 is 3.00 bits per heavy atom. The van der Waals surface area contributed by atoms with Crippen molar-refractivity contribution in [3.05, 3.63) is 23.2 Å². The first-order valence-corrected chi connectivity index (χ1v) is 11.1. The Morgan fingerprint density at radius 1 is 1.41 bits per heavy atom. The standard InChI is InChI=1S/C17H23ClN4O4S/c1-27(24,25)20-7-6-19-16(23)9-12-3-2-8-22(11-12)17-21-14-5-4-13(18)10-15(14)26-17/h4-5,10,12,20H,2-3,6-9,11H2,1H3,(H,19,23). The molecule has 0 saturated carbocycles. The Morgan fingerprint density at radius 2 is 2.22 bits per heavy atom.